The van der Waals surface area contributed by atoms with Crippen LogP contribution in [-0.4, -0.2) is 49.0 Å². The summed E-state index contributed by atoms with van der Waals surface area (Å²) in [6.07, 6.45) is 0. The average molecular weight is 203 g/mol. The van der Waals surface area contributed by atoms with Crippen LogP contribution in [0.3, 0.4) is 0 Å². The fourth-order valence-electron chi connectivity index (χ4n) is 1.28. The Morgan fingerprint density at radius 2 is 1.93 bits per heavy atom. The molecule has 0 rings (SSSR count). The minimum absolute atomic E-state index is 0.592. The third kappa shape index (κ3) is 9.96. The van der Waals surface area contributed by atoms with E-state index in [0.29, 0.717) is 12.5 Å². The average Bonchev–Trinajstić information content (AvgIpc) is 1.94. The minimum Gasteiger partial charge on any atom is -0.389 e. The molecule has 0 amide bonds. The molecule has 0 saturated heterocycles. The molecule has 3 nitrogen and oxygen atoms in total. The molecule has 3 heteroatoms. The molecule has 0 aromatic rings. The van der Waals surface area contributed by atoms with Crippen molar-refractivity contribution >= 4 is 0 Å². The quantitative estimate of drug-likeness (QED) is 0.634. The zero-order valence-electron chi connectivity index (χ0n) is 10.2. The minimum atomic E-state index is -0.618. The van der Waals surface area contributed by atoms with E-state index in [2.05, 4.69) is 18.7 Å². The molecule has 0 bridgehead atoms. The van der Waals surface area contributed by atoms with Crippen LogP contribution < -0.4 is 0 Å². The molecule has 0 aliphatic carbocycles. The molecule has 0 unspecified atom stereocenters. The molecule has 86 valence electrons. The van der Waals surface area contributed by atoms with Gasteiger partial charge in [0, 0.05) is 19.7 Å². The monoisotopic (exact) mass is 203 g/mol. The Morgan fingerprint density at radius 3 is 2.36 bits per heavy atom. The van der Waals surface area contributed by atoms with Crippen molar-refractivity contribution in [3.63, 3.8) is 0 Å². The summed E-state index contributed by atoms with van der Waals surface area (Å²) in [4.78, 5) is 2.08. The smallest absolute Gasteiger partial charge is 0.0718 e. The molecule has 14 heavy (non-hydrogen) atoms. The van der Waals surface area contributed by atoms with Gasteiger partial charge in [-0.15, -0.1) is 0 Å². The maximum absolute atomic E-state index is 9.55. The number of ether oxygens (including phenoxy) is 1. The van der Waals surface area contributed by atoms with E-state index in [9.17, 15) is 5.11 Å². The molecule has 0 aliphatic rings. The number of hydrogen-bond acceptors (Lipinski definition) is 3. The van der Waals surface area contributed by atoms with E-state index in [1.54, 1.807) is 0 Å². The highest BCUT2D eigenvalue weighted by molar-refractivity contribution is 4.69. The van der Waals surface area contributed by atoms with Crippen molar-refractivity contribution in [1.29, 1.82) is 0 Å². The molecule has 0 heterocycles. The van der Waals surface area contributed by atoms with E-state index in [4.69, 9.17) is 4.74 Å². The summed E-state index contributed by atoms with van der Waals surface area (Å²) < 4.78 is 5.46. The SMILES string of the molecule is CC(C)COCCN(C)CC(C)(C)O. The van der Waals surface area contributed by atoms with Gasteiger partial charge in [-0.2, -0.15) is 0 Å². The van der Waals surface area contributed by atoms with Gasteiger partial charge in [0.05, 0.1) is 12.2 Å². The molecular formula is C11H25NO2. The van der Waals surface area contributed by atoms with E-state index in [0.717, 1.165) is 19.8 Å². The van der Waals surface area contributed by atoms with Gasteiger partial charge in [0.15, 0.2) is 0 Å². The molecule has 0 spiro atoms. The second-order valence-electron chi connectivity index (χ2n) is 5.02. The van der Waals surface area contributed by atoms with Crippen LogP contribution in [0, 0.1) is 5.92 Å². The Labute approximate surface area is 88.1 Å². The third-order valence-corrected chi connectivity index (χ3v) is 1.73. The summed E-state index contributed by atoms with van der Waals surface area (Å²) in [7, 11) is 2.00. The lowest BCUT2D eigenvalue weighted by Crippen LogP contribution is -2.37. The summed E-state index contributed by atoms with van der Waals surface area (Å²) in [5.74, 6) is 0.592. The van der Waals surface area contributed by atoms with Crippen LogP contribution in [0.5, 0.6) is 0 Å². The van der Waals surface area contributed by atoms with Crippen LogP contribution in [0.15, 0.2) is 0 Å². The Kier molecular flexibility index (Phi) is 6.33. The van der Waals surface area contributed by atoms with E-state index >= 15 is 0 Å². The first-order chi connectivity index (χ1) is 6.31. The maximum atomic E-state index is 9.55. The zero-order valence-corrected chi connectivity index (χ0v) is 10.2. The van der Waals surface area contributed by atoms with Crippen molar-refractivity contribution < 1.29 is 9.84 Å². The van der Waals surface area contributed by atoms with Gasteiger partial charge in [-0.05, 0) is 26.8 Å². The van der Waals surface area contributed by atoms with E-state index in [-0.39, 0.29) is 0 Å². The first-order valence-electron chi connectivity index (χ1n) is 5.30. The van der Waals surface area contributed by atoms with Gasteiger partial charge in [0.2, 0.25) is 0 Å². The zero-order chi connectivity index (χ0) is 11.2. The second-order valence-corrected chi connectivity index (χ2v) is 5.02. The highest BCUT2D eigenvalue weighted by atomic mass is 16.5. The molecule has 0 fully saturated rings. The van der Waals surface area contributed by atoms with Gasteiger partial charge < -0.3 is 14.7 Å². The first-order valence-corrected chi connectivity index (χ1v) is 5.30. The van der Waals surface area contributed by atoms with Crippen molar-refractivity contribution in [3.05, 3.63) is 0 Å². The predicted octanol–water partition coefficient (Wildman–Crippen LogP) is 1.36. The van der Waals surface area contributed by atoms with Crippen LogP contribution >= 0.6 is 0 Å². The standard InChI is InChI=1S/C11H25NO2/c1-10(2)8-14-7-6-12(5)9-11(3,4)13/h10,13H,6-9H2,1-5H3. The largest absolute Gasteiger partial charge is 0.389 e. The molecule has 0 saturated carbocycles. The normalized spacial score (nSPS) is 12.9. The van der Waals surface area contributed by atoms with E-state index < -0.39 is 5.60 Å². The summed E-state index contributed by atoms with van der Waals surface area (Å²) in [5, 5.41) is 9.55. The molecule has 1 N–H and O–H groups in total. The second kappa shape index (κ2) is 6.38. The van der Waals surface area contributed by atoms with Crippen molar-refractivity contribution in [2.75, 3.05) is 33.4 Å². The van der Waals surface area contributed by atoms with Gasteiger partial charge >= 0.3 is 0 Å². The molecule has 0 aromatic heterocycles. The molecule has 0 radical (unpaired) electrons. The van der Waals surface area contributed by atoms with Crippen molar-refractivity contribution in [3.8, 4) is 0 Å². The van der Waals surface area contributed by atoms with Gasteiger partial charge in [0.1, 0.15) is 0 Å². The number of likely N-dealkylation sites (N-methyl/N-ethyl adjacent to an activating group) is 1. The topological polar surface area (TPSA) is 32.7 Å². The molecule has 0 atom stereocenters. The Balaban J connectivity index is 3.40. The lowest BCUT2D eigenvalue weighted by molar-refractivity contribution is 0.0296. The summed E-state index contributed by atoms with van der Waals surface area (Å²) in [5.41, 5.74) is -0.618. The van der Waals surface area contributed by atoms with E-state index in [1.807, 2.05) is 20.9 Å². The lowest BCUT2D eigenvalue weighted by atomic mass is 10.1. The number of nitrogens with zero attached hydrogens (tertiary/aromatic N) is 1. The van der Waals surface area contributed by atoms with Gasteiger partial charge in [-0.3, -0.25) is 0 Å². The van der Waals surface area contributed by atoms with Crippen LogP contribution in [-0.2, 0) is 4.74 Å². The lowest BCUT2D eigenvalue weighted by Gasteiger charge is -2.25. The number of hydrogen-bond donors (Lipinski definition) is 1. The summed E-state index contributed by atoms with van der Waals surface area (Å²) in [6.45, 7) is 11.0. The molecule has 0 aromatic carbocycles. The number of rotatable bonds is 7. The fraction of sp³-hybridized carbons (Fsp3) is 1.00. The van der Waals surface area contributed by atoms with Gasteiger partial charge in [0.25, 0.3) is 0 Å². The van der Waals surface area contributed by atoms with Crippen LogP contribution in [0.4, 0.5) is 0 Å². The van der Waals surface area contributed by atoms with Crippen molar-refractivity contribution in [2.24, 2.45) is 5.92 Å². The predicted molar refractivity (Wildman–Crippen MR) is 59.5 cm³/mol. The Morgan fingerprint density at radius 1 is 1.36 bits per heavy atom. The fourth-order valence-corrected chi connectivity index (χ4v) is 1.28. The number of aliphatic hydroxyl groups is 1. The van der Waals surface area contributed by atoms with Gasteiger partial charge in [-0.25, -0.2) is 0 Å². The van der Waals surface area contributed by atoms with Crippen LogP contribution in [0.25, 0.3) is 0 Å². The molecule has 0 aliphatic heterocycles. The first kappa shape index (κ1) is 13.9. The highest BCUT2D eigenvalue weighted by Crippen LogP contribution is 2.02. The summed E-state index contributed by atoms with van der Waals surface area (Å²) >= 11 is 0. The maximum Gasteiger partial charge on any atom is 0.0718 e. The van der Waals surface area contributed by atoms with Crippen molar-refractivity contribution in [1.82, 2.24) is 4.90 Å². The summed E-state index contributed by atoms with van der Waals surface area (Å²) in [6, 6.07) is 0. The Bertz CT molecular complexity index is 141. The Hall–Kier alpha value is -0.120. The van der Waals surface area contributed by atoms with Crippen LogP contribution in [0.2, 0.25) is 0 Å². The third-order valence-electron chi connectivity index (χ3n) is 1.73. The molecular weight excluding hydrogens is 178 g/mol. The highest BCUT2D eigenvalue weighted by Gasteiger charge is 2.14. The van der Waals surface area contributed by atoms with E-state index in [1.165, 1.54) is 0 Å². The van der Waals surface area contributed by atoms with Gasteiger partial charge in [-0.1, -0.05) is 13.8 Å². The van der Waals surface area contributed by atoms with Crippen LogP contribution in [0.1, 0.15) is 27.7 Å². The van der Waals surface area contributed by atoms with Crippen molar-refractivity contribution in [2.45, 2.75) is 33.3 Å².